The molecule has 0 aromatic carbocycles. The van der Waals surface area contributed by atoms with Crippen molar-refractivity contribution in [2.45, 2.75) is 82.1 Å². The van der Waals surface area contributed by atoms with Gasteiger partial charge in [-0.3, -0.25) is 0 Å². The van der Waals surface area contributed by atoms with E-state index in [4.69, 9.17) is 0 Å². The molecule has 0 amide bonds. The van der Waals surface area contributed by atoms with Crippen LogP contribution in [0.1, 0.15) is 64.2 Å². The molecule has 0 radical (unpaired) electrons. The lowest BCUT2D eigenvalue weighted by atomic mass is 9.95. The second kappa shape index (κ2) is 6.77. The summed E-state index contributed by atoms with van der Waals surface area (Å²) in [6.45, 7) is 0. The van der Waals surface area contributed by atoms with E-state index >= 15 is 0 Å². The minimum Gasteiger partial charge on any atom is -0.303 e. The molecule has 2 fully saturated rings. The van der Waals surface area contributed by atoms with Gasteiger partial charge in [0.05, 0.1) is 0 Å². The molecule has 94 valence electrons. The van der Waals surface area contributed by atoms with Gasteiger partial charge in [-0.05, 0) is 25.7 Å². The van der Waals surface area contributed by atoms with Crippen LogP contribution >= 0.6 is 0 Å². The largest absolute Gasteiger partial charge is 0.303 e. The van der Waals surface area contributed by atoms with E-state index < -0.39 is 0 Å². The Hall–Kier alpha value is 0.137. The van der Waals surface area contributed by atoms with Gasteiger partial charge in [0.1, 0.15) is 0 Å². The van der Waals surface area contributed by atoms with Crippen molar-refractivity contribution in [3.8, 4) is 0 Å². The molecule has 0 bridgehead atoms. The van der Waals surface area contributed by atoms with Crippen molar-refractivity contribution in [3.63, 3.8) is 0 Å². The van der Waals surface area contributed by atoms with E-state index in [0.717, 1.165) is 12.1 Å². The van der Waals surface area contributed by atoms with Crippen molar-refractivity contribution in [2.24, 2.45) is 0 Å². The lowest BCUT2D eigenvalue weighted by Crippen LogP contribution is -2.52. The molecular formula is C13H28N2Si. The van der Waals surface area contributed by atoms with Crippen molar-refractivity contribution in [2.75, 3.05) is 0 Å². The smallest absolute Gasteiger partial charge is 0.0423 e. The van der Waals surface area contributed by atoms with Gasteiger partial charge in [-0.1, -0.05) is 38.5 Å². The maximum absolute atomic E-state index is 3.82. The molecule has 0 saturated heterocycles. The fourth-order valence-electron chi connectivity index (χ4n) is 3.29. The number of rotatable bonds is 4. The molecule has 0 heterocycles. The Morgan fingerprint density at radius 1 is 0.688 bits per heavy atom. The maximum atomic E-state index is 3.82. The molecule has 0 aliphatic heterocycles. The first-order chi connectivity index (χ1) is 7.84. The van der Waals surface area contributed by atoms with Crippen LogP contribution in [0.15, 0.2) is 0 Å². The molecule has 2 N–H and O–H groups in total. The standard InChI is InChI=1S/C13H28N2Si/c16-13(14-11-7-3-1-4-8-11)15-12-9-5-2-6-10-12/h11-15H,1-10H2,16H3. The van der Waals surface area contributed by atoms with E-state index in [0.29, 0.717) is 5.79 Å². The number of hydrogen-bond donors (Lipinski definition) is 2. The summed E-state index contributed by atoms with van der Waals surface area (Å²) in [5.41, 5.74) is 0. The normalized spacial score (nSPS) is 25.3. The van der Waals surface area contributed by atoms with Crippen LogP contribution in [0.4, 0.5) is 0 Å². The third kappa shape index (κ3) is 4.19. The topological polar surface area (TPSA) is 24.1 Å². The van der Waals surface area contributed by atoms with Gasteiger partial charge in [0, 0.05) is 28.1 Å². The summed E-state index contributed by atoms with van der Waals surface area (Å²) in [4.78, 5) is 0. The van der Waals surface area contributed by atoms with Crippen molar-refractivity contribution in [3.05, 3.63) is 0 Å². The predicted molar refractivity (Wildman–Crippen MR) is 73.7 cm³/mol. The van der Waals surface area contributed by atoms with Gasteiger partial charge >= 0.3 is 0 Å². The highest BCUT2D eigenvalue weighted by molar-refractivity contribution is 6.11. The molecule has 0 aromatic rings. The van der Waals surface area contributed by atoms with Gasteiger partial charge in [0.2, 0.25) is 0 Å². The molecule has 2 aliphatic rings. The van der Waals surface area contributed by atoms with E-state index in [1.54, 1.807) is 0 Å². The molecule has 16 heavy (non-hydrogen) atoms. The molecule has 2 saturated carbocycles. The number of hydrogen-bond acceptors (Lipinski definition) is 2. The first kappa shape index (κ1) is 12.6. The van der Waals surface area contributed by atoms with Crippen LogP contribution in [0.3, 0.4) is 0 Å². The zero-order chi connectivity index (χ0) is 11.2. The molecule has 2 rings (SSSR count). The Labute approximate surface area is 103 Å². The van der Waals surface area contributed by atoms with Crippen molar-refractivity contribution >= 4 is 10.2 Å². The Balaban J connectivity index is 1.64. The summed E-state index contributed by atoms with van der Waals surface area (Å²) < 4.78 is 0. The molecule has 0 atom stereocenters. The van der Waals surface area contributed by atoms with Crippen LogP contribution in [0.25, 0.3) is 0 Å². The van der Waals surface area contributed by atoms with Crippen LogP contribution in [0.2, 0.25) is 0 Å². The monoisotopic (exact) mass is 240 g/mol. The third-order valence-electron chi connectivity index (χ3n) is 4.18. The SMILES string of the molecule is [SiH3]C(NC1CCCCC1)NC1CCCCC1. The first-order valence-corrected chi connectivity index (χ1v) is 8.52. The Morgan fingerprint density at radius 3 is 1.44 bits per heavy atom. The number of nitrogens with one attached hydrogen (secondary N) is 2. The highest BCUT2D eigenvalue weighted by Gasteiger charge is 2.18. The maximum Gasteiger partial charge on any atom is 0.0423 e. The summed E-state index contributed by atoms with van der Waals surface area (Å²) in [5, 5.41) is 7.63. The third-order valence-corrected chi connectivity index (χ3v) is 4.85. The van der Waals surface area contributed by atoms with E-state index in [1.807, 2.05) is 0 Å². The van der Waals surface area contributed by atoms with Crippen molar-refractivity contribution < 1.29 is 0 Å². The van der Waals surface area contributed by atoms with Crippen LogP contribution in [-0.4, -0.2) is 28.1 Å². The molecule has 0 unspecified atom stereocenters. The Bertz CT molecular complexity index is 166. The molecule has 0 spiro atoms. The highest BCUT2D eigenvalue weighted by atomic mass is 28.1. The molecule has 3 heteroatoms. The summed E-state index contributed by atoms with van der Waals surface area (Å²) >= 11 is 0. The average molecular weight is 240 g/mol. The van der Waals surface area contributed by atoms with Gasteiger partial charge in [-0.15, -0.1) is 0 Å². The van der Waals surface area contributed by atoms with E-state index in [9.17, 15) is 0 Å². The van der Waals surface area contributed by atoms with Crippen molar-refractivity contribution in [1.82, 2.24) is 10.6 Å². The van der Waals surface area contributed by atoms with Crippen LogP contribution in [0, 0.1) is 0 Å². The fraction of sp³-hybridized carbons (Fsp3) is 1.00. The molecule has 0 aromatic heterocycles. The van der Waals surface area contributed by atoms with E-state index in [-0.39, 0.29) is 0 Å². The first-order valence-electron chi connectivity index (χ1n) is 7.37. The highest BCUT2D eigenvalue weighted by Crippen LogP contribution is 2.19. The van der Waals surface area contributed by atoms with E-state index in [1.165, 1.54) is 74.5 Å². The summed E-state index contributed by atoms with van der Waals surface area (Å²) in [7, 11) is 1.23. The minimum absolute atomic E-state index is 0.645. The lowest BCUT2D eigenvalue weighted by Gasteiger charge is -2.31. The van der Waals surface area contributed by atoms with Gasteiger partial charge < -0.3 is 10.6 Å². The summed E-state index contributed by atoms with van der Waals surface area (Å²) in [5.74, 6) is 0.645. The fourth-order valence-corrected chi connectivity index (χ4v) is 4.24. The second-order valence-corrected chi connectivity index (χ2v) is 6.88. The summed E-state index contributed by atoms with van der Waals surface area (Å²) in [6, 6.07) is 1.62. The minimum atomic E-state index is 0.645. The molecule has 2 aliphatic carbocycles. The predicted octanol–water partition coefficient (Wildman–Crippen LogP) is 1.48. The lowest BCUT2D eigenvalue weighted by molar-refractivity contribution is 0.305. The van der Waals surface area contributed by atoms with Crippen LogP contribution < -0.4 is 10.6 Å². The Kier molecular flexibility index (Phi) is 5.33. The molecule has 2 nitrogen and oxygen atoms in total. The summed E-state index contributed by atoms with van der Waals surface area (Å²) in [6.07, 6.45) is 14.3. The zero-order valence-corrected chi connectivity index (χ0v) is 12.8. The van der Waals surface area contributed by atoms with E-state index in [2.05, 4.69) is 10.6 Å². The zero-order valence-electron chi connectivity index (χ0n) is 10.8. The molecular weight excluding hydrogens is 212 g/mol. The van der Waals surface area contributed by atoms with Gasteiger partial charge in [0.25, 0.3) is 0 Å². The van der Waals surface area contributed by atoms with Gasteiger partial charge in [0.15, 0.2) is 0 Å². The van der Waals surface area contributed by atoms with Crippen LogP contribution in [-0.2, 0) is 0 Å². The van der Waals surface area contributed by atoms with Crippen LogP contribution in [0.5, 0.6) is 0 Å². The van der Waals surface area contributed by atoms with Gasteiger partial charge in [-0.2, -0.15) is 0 Å². The van der Waals surface area contributed by atoms with Gasteiger partial charge in [-0.25, -0.2) is 0 Å². The average Bonchev–Trinajstić information content (AvgIpc) is 2.31. The van der Waals surface area contributed by atoms with Crippen molar-refractivity contribution in [1.29, 1.82) is 0 Å². The Morgan fingerprint density at radius 2 is 1.06 bits per heavy atom. The quantitative estimate of drug-likeness (QED) is 0.574. The second-order valence-electron chi connectivity index (χ2n) is 5.72.